The van der Waals surface area contributed by atoms with Crippen molar-refractivity contribution in [2.75, 3.05) is 26.7 Å². The van der Waals surface area contributed by atoms with Crippen molar-refractivity contribution in [3.05, 3.63) is 76.3 Å². The normalized spacial score (nSPS) is 18.0. The summed E-state index contributed by atoms with van der Waals surface area (Å²) in [4.78, 5) is 30.7. The van der Waals surface area contributed by atoms with Crippen molar-refractivity contribution < 1.29 is 14.3 Å². The fourth-order valence-corrected chi connectivity index (χ4v) is 5.85. The summed E-state index contributed by atoms with van der Waals surface area (Å²) in [5.41, 5.74) is 1.52. The van der Waals surface area contributed by atoms with Gasteiger partial charge in [0.25, 0.3) is 0 Å². The number of halogens is 2. The summed E-state index contributed by atoms with van der Waals surface area (Å²) in [7, 11) is 1.74. The fourth-order valence-electron chi connectivity index (χ4n) is 5.54. The lowest BCUT2D eigenvalue weighted by molar-refractivity contribution is -0.120. The number of nitrogens with zero attached hydrogens (tertiary/aromatic N) is 2. The predicted molar refractivity (Wildman–Crippen MR) is 154 cm³/mol. The number of benzene rings is 2. The quantitative estimate of drug-likeness (QED) is 0.267. The minimum Gasteiger partial charge on any atom is -0.410 e. The molecule has 204 valence electrons. The van der Waals surface area contributed by atoms with Crippen LogP contribution in [-0.4, -0.2) is 54.4 Å². The number of amides is 1. The number of piperidine rings is 1. The molecule has 1 heterocycles. The topological polar surface area (TPSA) is 49.9 Å². The number of hydrogen-bond acceptors (Lipinski definition) is 4. The van der Waals surface area contributed by atoms with E-state index in [1.165, 1.54) is 19.4 Å². The molecule has 0 N–H and O–H groups in total. The Labute approximate surface area is 236 Å². The highest BCUT2D eigenvalue weighted by Gasteiger charge is 2.34. The van der Waals surface area contributed by atoms with E-state index < -0.39 is 6.09 Å². The molecule has 5 nitrogen and oxygen atoms in total. The monoisotopic (exact) mass is 556 g/mol. The third-order valence-corrected chi connectivity index (χ3v) is 8.71. The molecule has 0 aromatic heterocycles. The van der Waals surface area contributed by atoms with E-state index in [1.807, 2.05) is 37.3 Å². The summed E-state index contributed by atoms with van der Waals surface area (Å²) in [6.07, 6.45) is 5.08. The molecule has 7 heteroatoms. The first-order valence-electron chi connectivity index (χ1n) is 13.7. The van der Waals surface area contributed by atoms with E-state index in [1.54, 1.807) is 30.1 Å². The third kappa shape index (κ3) is 7.40. The van der Waals surface area contributed by atoms with Gasteiger partial charge in [0.05, 0.1) is 10.0 Å². The van der Waals surface area contributed by atoms with Crippen LogP contribution in [0.2, 0.25) is 10.0 Å². The molecule has 1 aliphatic carbocycles. The highest BCUT2D eigenvalue weighted by atomic mass is 35.5. The van der Waals surface area contributed by atoms with Crippen LogP contribution >= 0.6 is 23.2 Å². The number of likely N-dealkylation sites (tertiary alicyclic amines) is 1. The Morgan fingerprint density at radius 3 is 2.34 bits per heavy atom. The Kier molecular flexibility index (Phi) is 9.91. The molecule has 1 saturated heterocycles. The molecule has 1 saturated carbocycles. The highest BCUT2D eigenvalue weighted by molar-refractivity contribution is 6.42. The van der Waals surface area contributed by atoms with Gasteiger partial charge in [-0.1, -0.05) is 61.0 Å². The van der Waals surface area contributed by atoms with Gasteiger partial charge in [-0.25, -0.2) is 4.79 Å². The van der Waals surface area contributed by atoms with E-state index in [0.717, 1.165) is 37.4 Å². The second-order valence-electron chi connectivity index (χ2n) is 10.7. The van der Waals surface area contributed by atoms with Crippen molar-refractivity contribution in [2.24, 2.45) is 11.8 Å². The number of ether oxygens (including phenoxy) is 1. The summed E-state index contributed by atoms with van der Waals surface area (Å²) in [5, 5.41) is 0.908. The smallest absolute Gasteiger partial charge is 0.410 e. The van der Waals surface area contributed by atoms with E-state index in [2.05, 4.69) is 11.5 Å². The Balaban J connectivity index is 1.49. The maximum Gasteiger partial charge on any atom is 0.415 e. The number of Topliss-reactive ketones (excluding diaryl/α,β-unsaturated/α-hetero) is 1. The van der Waals surface area contributed by atoms with Crippen LogP contribution in [0.15, 0.2) is 60.7 Å². The van der Waals surface area contributed by atoms with Crippen LogP contribution in [0.5, 0.6) is 5.75 Å². The van der Waals surface area contributed by atoms with Crippen LogP contribution in [0, 0.1) is 11.8 Å². The van der Waals surface area contributed by atoms with E-state index in [9.17, 15) is 9.59 Å². The number of carbonyl (C=O) groups excluding carboxylic acids is 2. The number of likely N-dealkylation sites (N-methyl/N-ethyl adjacent to an activating group) is 1. The lowest BCUT2D eigenvalue weighted by Crippen LogP contribution is -2.43. The third-order valence-electron chi connectivity index (χ3n) is 7.97. The largest absolute Gasteiger partial charge is 0.415 e. The number of ketones is 1. The molecular weight excluding hydrogens is 519 g/mol. The standard InChI is InChI=1S/C31H38Cl2N2O3/c1-4-29(34(3)31(37)38-25-8-6-5-7-9-25)26(24-12-13-27(32)28(33)19-24)18-21(2)30(36)23-14-16-35(17-15-23)20-22-10-11-22/h5-9,12-13,19,22-23,26,29H,2,4,10-11,14-18,20H2,1,3H3. The van der Waals surface area contributed by atoms with Gasteiger partial charge in [0, 0.05) is 31.5 Å². The second-order valence-corrected chi connectivity index (χ2v) is 11.6. The molecular formula is C31H38Cl2N2O3. The molecule has 0 radical (unpaired) electrons. The van der Waals surface area contributed by atoms with E-state index >= 15 is 0 Å². The minimum atomic E-state index is -0.451. The maximum absolute atomic E-state index is 13.5. The van der Waals surface area contributed by atoms with E-state index in [0.29, 0.717) is 34.2 Å². The molecule has 1 amide bonds. The van der Waals surface area contributed by atoms with Crippen molar-refractivity contribution >= 4 is 35.1 Å². The van der Waals surface area contributed by atoms with Gasteiger partial charge in [0.2, 0.25) is 0 Å². The SMILES string of the molecule is C=C(CC(c1ccc(Cl)c(Cl)c1)C(CC)N(C)C(=O)Oc1ccccc1)C(=O)C1CCN(CC2CC2)CC1. The molecule has 0 bridgehead atoms. The van der Waals surface area contributed by atoms with Gasteiger partial charge in [-0.2, -0.15) is 0 Å². The summed E-state index contributed by atoms with van der Waals surface area (Å²) in [5.74, 6) is 1.30. The fraction of sp³-hybridized carbons (Fsp3) is 0.484. The first-order valence-corrected chi connectivity index (χ1v) is 14.4. The minimum absolute atomic E-state index is 0.00765. The average Bonchev–Trinajstić information content (AvgIpc) is 3.74. The zero-order valence-electron chi connectivity index (χ0n) is 22.4. The van der Waals surface area contributed by atoms with Gasteiger partial charge in [-0.15, -0.1) is 0 Å². The number of allylic oxidation sites excluding steroid dienone is 1. The molecule has 2 aliphatic rings. The predicted octanol–water partition coefficient (Wildman–Crippen LogP) is 7.62. The summed E-state index contributed by atoms with van der Waals surface area (Å²) in [6.45, 7) is 9.39. The van der Waals surface area contributed by atoms with Crippen molar-refractivity contribution in [2.45, 2.75) is 57.4 Å². The van der Waals surface area contributed by atoms with Gasteiger partial charge in [-0.05, 0) is 92.9 Å². The van der Waals surface area contributed by atoms with E-state index in [4.69, 9.17) is 27.9 Å². The molecule has 38 heavy (non-hydrogen) atoms. The Morgan fingerprint density at radius 2 is 1.74 bits per heavy atom. The molecule has 1 aliphatic heterocycles. The van der Waals surface area contributed by atoms with E-state index in [-0.39, 0.29) is 23.7 Å². The van der Waals surface area contributed by atoms with Crippen LogP contribution < -0.4 is 4.74 Å². The Hall–Kier alpha value is -2.34. The van der Waals surface area contributed by atoms with Crippen LogP contribution in [0.1, 0.15) is 56.9 Å². The zero-order valence-corrected chi connectivity index (χ0v) is 23.9. The van der Waals surface area contributed by atoms with Gasteiger partial charge in [0.1, 0.15) is 5.75 Å². The summed E-state index contributed by atoms with van der Waals surface area (Å²) < 4.78 is 5.62. The summed E-state index contributed by atoms with van der Waals surface area (Å²) in [6, 6.07) is 14.3. The van der Waals surface area contributed by atoms with Crippen LogP contribution in [0.3, 0.4) is 0 Å². The average molecular weight is 558 g/mol. The maximum atomic E-state index is 13.5. The number of para-hydroxylation sites is 1. The molecule has 4 rings (SSSR count). The first-order chi connectivity index (χ1) is 18.3. The number of carbonyl (C=O) groups is 2. The van der Waals surface area contributed by atoms with Crippen LogP contribution in [0.25, 0.3) is 0 Å². The van der Waals surface area contributed by atoms with Crippen molar-refractivity contribution in [1.29, 1.82) is 0 Å². The molecule has 2 aromatic rings. The lowest BCUT2D eigenvalue weighted by atomic mass is 9.80. The molecule has 2 aromatic carbocycles. The first kappa shape index (κ1) is 28.7. The van der Waals surface area contributed by atoms with Gasteiger partial charge in [-0.3, -0.25) is 4.79 Å². The molecule has 2 atom stereocenters. The van der Waals surface area contributed by atoms with Crippen molar-refractivity contribution in [3.8, 4) is 5.75 Å². The Bertz CT molecular complexity index is 1130. The van der Waals surface area contributed by atoms with Crippen molar-refractivity contribution in [3.63, 3.8) is 0 Å². The molecule has 0 spiro atoms. The second kappa shape index (κ2) is 13.1. The zero-order chi connectivity index (χ0) is 27.2. The Morgan fingerprint density at radius 1 is 1.05 bits per heavy atom. The number of rotatable bonds is 11. The highest BCUT2D eigenvalue weighted by Crippen LogP contribution is 2.37. The number of hydrogen-bond donors (Lipinski definition) is 0. The van der Waals surface area contributed by atoms with Crippen LogP contribution in [-0.2, 0) is 4.79 Å². The van der Waals surface area contributed by atoms with Gasteiger partial charge >= 0.3 is 6.09 Å². The summed E-state index contributed by atoms with van der Waals surface area (Å²) >= 11 is 12.6. The van der Waals surface area contributed by atoms with Gasteiger partial charge < -0.3 is 14.5 Å². The molecule has 2 fully saturated rings. The van der Waals surface area contributed by atoms with Crippen molar-refractivity contribution in [1.82, 2.24) is 9.80 Å². The van der Waals surface area contributed by atoms with Gasteiger partial charge in [0.15, 0.2) is 5.78 Å². The van der Waals surface area contributed by atoms with Crippen LogP contribution in [0.4, 0.5) is 4.79 Å². The lowest BCUT2D eigenvalue weighted by Gasteiger charge is -2.35. The molecule has 2 unspecified atom stereocenters.